The summed E-state index contributed by atoms with van der Waals surface area (Å²) < 4.78 is 23.8. The van der Waals surface area contributed by atoms with Crippen LogP contribution in [0, 0.1) is 0 Å². The first-order valence-electron chi connectivity index (χ1n) is 10.6. The number of aromatic nitrogens is 1. The molecular weight excluding hydrogens is 410 g/mol. The van der Waals surface area contributed by atoms with Gasteiger partial charge >= 0.3 is 0 Å². The number of anilines is 1. The van der Waals surface area contributed by atoms with Crippen LogP contribution in [0.2, 0.25) is 0 Å². The van der Waals surface area contributed by atoms with Crippen molar-refractivity contribution in [1.29, 1.82) is 0 Å². The summed E-state index contributed by atoms with van der Waals surface area (Å²) in [6.45, 7) is 4.95. The summed E-state index contributed by atoms with van der Waals surface area (Å²) in [5, 5.41) is 3.85. The Morgan fingerprint density at radius 2 is 1.72 bits per heavy atom. The molecule has 0 radical (unpaired) electrons. The molecule has 8 heteroatoms. The maximum Gasteiger partial charge on any atom is 0.272 e. The molecule has 1 aliphatic rings. The van der Waals surface area contributed by atoms with Gasteiger partial charge in [-0.2, -0.15) is 0 Å². The Kier molecular flexibility index (Phi) is 6.82. The molecule has 32 heavy (non-hydrogen) atoms. The van der Waals surface area contributed by atoms with Gasteiger partial charge in [0.2, 0.25) is 0 Å². The van der Waals surface area contributed by atoms with E-state index in [1.165, 1.54) is 0 Å². The molecule has 0 bridgehead atoms. The van der Waals surface area contributed by atoms with Gasteiger partial charge in [-0.25, -0.2) is 0 Å². The molecular formula is C24H29N3O5. The van der Waals surface area contributed by atoms with Crippen LogP contribution in [-0.2, 0) is 11.8 Å². The van der Waals surface area contributed by atoms with Crippen molar-refractivity contribution in [2.45, 2.75) is 0 Å². The van der Waals surface area contributed by atoms with Crippen LogP contribution in [0.4, 0.5) is 5.69 Å². The van der Waals surface area contributed by atoms with E-state index < -0.39 is 0 Å². The first-order chi connectivity index (χ1) is 15.6. The van der Waals surface area contributed by atoms with Crippen LogP contribution in [0.1, 0.15) is 10.5 Å². The standard InChI is InChI=1S/C24H29N3O5/c1-26-20-16-23(30-3)22(29-2)15-17(20)14-21(26)24(28)25-18-4-6-19(7-5-18)32-13-10-27-8-11-31-12-9-27/h4-7,14-16H,8-13H2,1-3H3,(H,25,28). The molecule has 0 atom stereocenters. The van der Waals surface area contributed by atoms with E-state index in [4.69, 9.17) is 18.9 Å². The molecule has 170 valence electrons. The van der Waals surface area contributed by atoms with Crippen LogP contribution in [0.15, 0.2) is 42.5 Å². The predicted molar refractivity (Wildman–Crippen MR) is 123 cm³/mol. The number of carbonyl (C=O) groups excluding carboxylic acids is 1. The van der Waals surface area contributed by atoms with Gasteiger partial charge in [0.25, 0.3) is 5.91 Å². The second-order valence-corrected chi connectivity index (χ2v) is 7.64. The highest BCUT2D eigenvalue weighted by Crippen LogP contribution is 2.33. The molecule has 1 saturated heterocycles. The Hall–Kier alpha value is -3.23. The van der Waals surface area contributed by atoms with Crippen molar-refractivity contribution in [3.63, 3.8) is 0 Å². The van der Waals surface area contributed by atoms with Crippen LogP contribution >= 0.6 is 0 Å². The number of nitrogens with zero attached hydrogens (tertiary/aromatic N) is 2. The van der Waals surface area contributed by atoms with Gasteiger partial charge in [-0.05, 0) is 36.4 Å². The largest absolute Gasteiger partial charge is 0.493 e. The predicted octanol–water partition coefficient (Wildman–Crippen LogP) is 3.16. The fourth-order valence-corrected chi connectivity index (χ4v) is 3.83. The molecule has 8 nitrogen and oxygen atoms in total. The lowest BCUT2D eigenvalue weighted by molar-refractivity contribution is 0.0322. The second kappa shape index (κ2) is 9.93. The smallest absolute Gasteiger partial charge is 0.272 e. The molecule has 2 aromatic carbocycles. The zero-order chi connectivity index (χ0) is 22.5. The van der Waals surface area contributed by atoms with Crippen molar-refractivity contribution >= 4 is 22.5 Å². The first-order valence-corrected chi connectivity index (χ1v) is 10.6. The van der Waals surface area contributed by atoms with Crippen LogP contribution in [0.25, 0.3) is 10.9 Å². The van der Waals surface area contributed by atoms with Gasteiger partial charge in [0.1, 0.15) is 18.1 Å². The Morgan fingerprint density at radius 3 is 2.41 bits per heavy atom. The zero-order valence-electron chi connectivity index (χ0n) is 18.7. The number of hydrogen-bond acceptors (Lipinski definition) is 6. The van der Waals surface area contributed by atoms with Gasteiger partial charge in [-0.3, -0.25) is 9.69 Å². The third-order valence-electron chi connectivity index (χ3n) is 5.67. The molecule has 1 amide bonds. The lowest BCUT2D eigenvalue weighted by atomic mass is 10.2. The summed E-state index contributed by atoms with van der Waals surface area (Å²) in [6, 6.07) is 13.0. The third-order valence-corrected chi connectivity index (χ3v) is 5.67. The minimum atomic E-state index is -0.192. The molecule has 1 fully saturated rings. The molecule has 0 unspecified atom stereocenters. The van der Waals surface area contributed by atoms with E-state index in [0.29, 0.717) is 29.5 Å². The normalized spacial score (nSPS) is 14.3. The summed E-state index contributed by atoms with van der Waals surface area (Å²) >= 11 is 0. The van der Waals surface area contributed by atoms with Crippen LogP contribution < -0.4 is 19.5 Å². The molecule has 0 saturated carbocycles. The molecule has 1 aromatic heterocycles. The van der Waals surface area contributed by atoms with E-state index in [1.54, 1.807) is 14.2 Å². The van der Waals surface area contributed by atoms with E-state index >= 15 is 0 Å². The van der Waals surface area contributed by atoms with Crippen LogP contribution in [0.5, 0.6) is 17.2 Å². The van der Waals surface area contributed by atoms with Gasteiger partial charge in [-0.1, -0.05) is 0 Å². The summed E-state index contributed by atoms with van der Waals surface area (Å²) in [7, 11) is 5.04. The van der Waals surface area contributed by atoms with Crippen molar-refractivity contribution in [3.05, 3.63) is 48.2 Å². The number of fused-ring (bicyclic) bond motifs is 1. The topological polar surface area (TPSA) is 74.2 Å². The van der Waals surface area contributed by atoms with Crippen molar-refractivity contribution in [2.24, 2.45) is 7.05 Å². The highest BCUT2D eigenvalue weighted by molar-refractivity contribution is 6.06. The van der Waals surface area contributed by atoms with Crippen LogP contribution in [-0.4, -0.2) is 69.0 Å². The fourth-order valence-electron chi connectivity index (χ4n) is 3.83. The fraction of sp³-hybridized carbons (Fsp3) is 0.375. The number of amides is 1. The van der Waals surface area contributed by atoms with E-state index in [-0.39, 0.29) is 5.91 Å². The Labute approximate surface area is 187 Å². The highest BCUT2D eigenvalue weighted by Gasteiger charge is 2.16. The number of nitrogens with one attached hydrogen (secondary N) is 1. The number of benzene rings is 2. The van der Waals surface area contributed by atoms with E-state index in [9.17, 15) is 4.79 Å². The number of ether oxygens (including phenoxy) is 4. The average Bonchev–Trinajstić information content (AvgIpc) is 3.15. The SMILES string of the molecule is COc1cc2cc(C(=O)Nc3ccc(OCCN4CCOCC4)cc3)n(C)c2cc1OC. The van der Waals surface area contributed by atoms with Gasteiger partial charge < -0.3 is 28.8 Å². The number of morpholine rings is 1. The molecule has 3 aromatic rings. The van der Waals surface area contributed by atoms with Gasteiger partial charge in [-0.15, -0.1) is 0 Å². The third kappa shape index (κ3) is 4.81. The Morgan fingerprint density at radius 1 is 1.03 bits per heavy atom. The minimum Gasteiger partial charge on any atom is -0.493 e. The molecule has 4 rings (SSSR count). The monoisotopic (exact) mass is 439 g/mol. The maximum absolute atomic E-state index is 12.9. The van der Waals surface area contributed by atoms with Gasteiger partial charge in [0.15, 0.2) is 11.5 Å². The van der Waals surface area contributed by atoms with Crippen LogP contribution in [0.3, 0.4) is 0 Å². The summed E-state index contributed by atoms with van der Waals surface area (Å²) in [5.74, 6) is 1.84. The van der Waals surface area contributed by atoms with E-state index in [0.717, 1.165) is 49.5 Å². The summed E-state index contributed by atoms with van der Waals surface area (Å²) in [5.41, 5.74) is 2.13. The lowest BCUT2D eigenvalue weighted by Crippen LogP contribution is -2.38. The van der Waals surface area contributed by atoms with Gasteiger partial charge in [0.05, 0.1) is 33.0 Å². The zero-order valence-corrected chi connectivity index (χ0v) is 18.7. The average molecular weight is 440 g/mol. The van der Waals surface area contributed by atoms with Crippen molar-refractivity contribution in [3.8, 4) is 17.2 Å². The molecule has 0 spiro atoms. The number of methoxy groups -OCH3 is 2. The quantitative estimate of drug-likeness (QED) is 0.581. The minimum absolute atomic E-state index is 0.192. The Bertz CT molecular complexity index is 1070. The van der Waals surface area contributed by atoms with Crippen molar-refractivity contribution in [1.82, 2.24) is 9.47 Å². The first kappa shape index (κ1) is 22.0. The van der Waals surface area contributed by atoms with E-state index in [1.807, 2.05) is 54.1 Å². The number of hydrogen-bond donors (Lipinski definition) is 1. The highest BCUT2D eigenvalue weighted by atomic mass is 16.5. The molecule has 0 aliphatic carbocycles. The molecule has 1 aliphatic heterocycles. The number of aryl methyl sites for hydroxylation is 1. The van der Waals surface area contributed by atoms with E-state index in [2.05, 4.69) is 10.2 Å². The maximum atomic E-state index is 12.9. The summed E-state index contributed by atoms with van der Waals surface area (Å²) in [6.07, 6.45) is 0. The van der Waals surface area contributed by atoms with Crippen molar-refractivity contribution in [2.75, 3.05) is 59.0 Å². The Balaban J connectivity index is 1.39. The lowest BCUT2D eigenvalue weighted by Gasteiger charge is -2.26. The summed E-state index contributed by atoms with van der Waals surface area (Å²) in [4.78, 5) is 15.2. The number of rotatable bonds is 8. The van der Waals surface area contributed by atoms with Gasteiger partial charge in [0, 0.05) is 43.8 Å². The van der Waals surface area contributed by atoms with Crippen molar-refractivity contribution < 1.29 is 23.7 Å². The number of carbonyl (C=O) groups is 1. The second-order valence-electron chi connectivity index (χ2n) is 7.64. The molecule has 1 N–H and O–H groups in total. The molecule has 2 heterocycles.